The molecule has 0 aliphatic carbocycles. The number of β-lactam (4-membered cyclic amide) rings is 1. The molecule has 0 bridgehead atoms. The third-order valence-electron chi connectivity index (χ3n) is 3.31. The molecule has 0 radical (unpaired) electrons. The van der Waals surface area contributed by atoms with Crippen LogP contribution in [0.2, 0.25) is 0 Å². The van der Waals surface area contributed by atoms with Crippen LogP contribution in [0.4, 0.5) is 9.93 Å². The molecule has 2 atom stereocenters. The number of carbonyl (C=O) groups is 4. The van der Waals surface area contributed by atoms with E-state index in [1.54, 1.807) is 0 Å². The molecule has 1 aliphatic rings. The lowest BCUT2D eigenvalue weighted by Crippen LogP contribution is -2.70. The van der Waals surface area contributed by atoms with Gasteiger partial charge in [0.05, 0.1) is 12.6 Å². The number of rotatable bonds is 6. The van der Waals surface area contributed by atoms with Crippen LogP contribution in [0.15, 0.2) is 18.0 Å². The standard InChI is InChI=1S/C12H11N7O5S/c20-8(6-2-25-11(16-6)18-12(23)24)10(22)17-7-5(15-9(7)21)1-19-4-13-3-14-19/h2-5,7H,1H2,(H,15,21)(H,16,18)(H,17,22)(H,23,24)/t5-,7+/m1/s1. The van der Waals surface area contributed by atoms with Crippen molar-refractivity contribution in [1.29, 1.82) is 0 Å². The maximum atomic E-state index is 12.0. The maximum absolute atomic E-state index is 12.0. The Morgan fingerprint density at radius 3 is 2.84 bits per heavy atom. The van der Waals surface area contributed by atoms with Crippen molar-refractivity contribution in [3.63, 3.8) is 0 Å². The third-order valence-corrected chi connectivity index (χ3v) is 4.06. The molecule has 2 aromatic rings. The number of nitrogens with one attached hydrogen (secondary N) is 3. The highest BCUT2D eigenvalue weighted by Crippen LogP contribution is 2.16. The first-order chi connectivity index (χ1) is 11.9. The van der Waals surface area contributed by atoms with Gasteiger partial charge in [0.2, 0.25) is 5.91 Å². The van der Waals surface area contributed by atoms with E-state index < -0.39 is 35.8 Å². The third kappa shape index (κ3) is 3.60. The molecule has 0 saturated carbocycles. The Morgan fingerprint density at radius 1 is 1.40 bits per heavy atom. The lowest BCUT2D eigenvalue weighted by atomic mass is 9.98. The van der Waals surface area contributed by atoms with Crippen molar-refractivity contribution < 1.29 is 24.3 Å². The van der Waals surface area contributed by atoms with Gasteiger partial charge in [-0.15, -0.1) is 11.3 Å². The number of Topliss-reactive ketones (excluding diaryl/α,β-unsaturated/α-hetero) is 1. The average Bonchev–Trinajstić information content (AvgIpc) is 3.22. The summed E-state index contributed by atoms with van der Waals surface area (Å²) in [6, 6.07) is -1.30. The van der Waals surface area contributed by atoms with Crippen LogP contribution >= 0.6 is 11.3 Å². The number of carboxylic acid groups (broad SMARTS) is 1. The second-order valence-corrected chi connectivity index (χ2v) is 5.84. The summed E-state index contributed by atoms with van der Waals surface area (Å²) in [6.07, 6.45) is 1.46. The maximum Gasteiger partial charge on any atom is 0.410 e. The highest BCUT2D eigenvalue weighted by molar-refractivity contribution is 7.14. The van der Waals surface area contributed by atoms with Gasteiger partial charge < -0.3 is 15.7 Å². The van der Waals surface area contributed by atoms with E-state index in [1.807, 2.05) is 5.32 Å². The van der Waals surface area contributed by atoms with E-state index in [4.69, 9.17) is 5.11 Å². The van der Waals surface area contributed by atoms with E-state index in [-0.39, 0.29) is 17.4 Å². The van der Waals surface area contributed by atoms with Crippen LogP contribution in [0.1, 0.15) is 10.5 Å². The molecule has 1 fully saturated rings. The molecule has 130 valence electrons. The summed E-state index contributed by atoms with van der Waals surface area (Å²) in [7, 11) is 0. The molecule has 0 unspecified atom stereocenters. The van der Waals surface area contributed by atoms with Crippen molar-refractivity contribution in [1.82, 2.24) is 30.4 Å². The summed E-state index contributed by atoms with van der Waals surface area (Å²) >= 11 is 0.864. The van der Waals surface area contributed by atoms with Crippen LogP contribution in [0, 0.1) is 0 Å². The molecule has 3 heterocycles. The largest absolute Gasteiger partial charge is 0.465 e. The Balaban J connectivity index is 1.60. The second-order valence-electron chi connectivity index (χ2n) is 4.98. The Labute approximate surface area is 143 Å². The van der Waals surface area contributed by atoms with Crippen molar-refractivity contribution in [2.45, 2.75) is 18.6 Å². The van der Waals surface area contributed by atoms with Crippen LogP contribution in [-0.2, 0) is 16.1 Å². The van der Waals surface area contributed by atoms with Crippen LogP contribution in [0.3, 0.4) is 0 Å². The Morgan fingerprint density at radius 2 is 2.20 bits per heavy atom. The quantitative estimate of drug-likeness (QED) is 0.278. The fourth-order valence-electron chi connectivity index (χ4n) is 2.14. The van der Waals surface area contributed by atoms with E-state index in [2.05, 4.69) is 25.7 Å². The molecular weight excluding hydrogens is 354 g/mol. The average molecular weight is 365 g/mol. The molecule has 3 rings (SSSR count). The zero-order valence-corrected chi connectivity index (χ0v) is 13.2. The first-order valence-electron chi connectivity index (χ1n) is 6.87. The molecule has 0 spiro atoms. The molecule has 1 aliphatic heterocycles. The summed E-state index contributed by atoms with van der Waals surface area (Å²) in [5, 5.41) is 20.6. The minimum atomic E-state index is -1.33. The van der Waals surface area contributed by atoms with Crippen molar-refractivity contribution in [2.24, 2.45) is 0 Å². The molecule has 0 aromatic carbocycles. The molecule has 3 amide bonds. The van der Waals surface area contributed by atoms with E-state index in [1.165, 1.54) is 22.7 Å². The number of amides is 3. The minimum Gasteiger partial charge on any atom is -0.465 e. The molecule has 12 nitrogen and oxygen atoms in total. The first-order valence-corrected chi connectivity index (χ1v) is 7.75. The van der Waals surface area contributed by atoms with Gasteiger partial charge in [-0.1, -0.05) is 0 Å². The molecule has 25 heavy (non-hydrogen) atoms. The summed E-state index contributed by atoms with van der Waals surface area (Å²) in [5.74, 6) is -2.39. The zero-order chi connectivity index (χ0) is 18.0. The van der Waals surface area contributed by atoms with Gasteiger partial charge in [0.1, 0.15) is 24.4 Å². The summed E-state index contributed by atoms with van der Waals surface area (Å²) in [5.41, 5.74) is -0.209. The first kappa shape index (κ1) is 16.5. The van der Waals surface area contributed by atoms with Gasteiger partial charge >= 0.3 is 6.09 Å². The van der Waals surface area contributed by atoms with Crippen LogP contribution in [0.25, 0.3) is 0 Å². The number of carbonyl (C=O) groups excluding carboxylic acids is 3. The Bertz CT molecular complexity index is 833. The van der Waals surface area contributed by atoms with E-state index in [9.17, 15) is 19.2 Å². The summed E-state index contributed by atoms with van der Waals surface area (Å²) in [6.45, 7) is 0.286. The molecule has 4 N–H and O–H groups in total. The number of hydrogen-bond donors (Lipinski definition) is 4. The summed E-state index contributed by atoms with van der Waals surface area (Å²) < 4.78 is 1.48. The van der Waals surface area contributed by atoms with Gasteiger partial charge in [-0.3, -0.25) is 24.4 Å². The van der Waals surface area contributed by atoms with E-state index >= 15 is 0 Å². The summed E-state index contributed by atoms with van der Waals surface area (Å²) in [4.78, 5) is 53.7. The van der Waals surface area contributed by atoms with Gasteiger partial charge in [-0.2, -0.15) is 5.10 Å². The predicted molar refractivity (Wildman–Crippen MR) is 82.0 cm³/mol. The fourth-order valence-corrected chi connectivity index (χ4v) is 2.82. The number of ketones is 1. The van der Waals surface area contributed by atoms with Crippen LogP contribution in [0.5, 0.6) is 0 Å². The van der Waals surface area contributed by atoms with Crippen LogP contribution < -0.4 is 16.0 Å². The smallest absolute Gasteiger partial charge is 0.410 e. The molecular formula is C12H11N7O5S. The van der Waals surface area contributed by atoms with Gasteiger partial charge in [0.25, 0.3) is 11.7 Å². The SMILES string of the molecule is O=C(O)Nc1nc(C(=O)C(=O)N[C@@H]2C(=O)N[C@@H]2Cn2cncn2)cs1. The van der Waals surface area contributed by atoms with Crippen molar-refractivity contribution in [3.8, 4) is 0 Å². The molecule has 1 saturated heterocycles. The Kier molecular flexibility index (Phi) is 4.38. The van der Waals surface area contributed by atoms with E-state index in [0.29, 0.717) is 0 Å². The fraction of sp³-hybridized carbons (Fsp3) is 0.250. The lowest BCUT2D eigenvalue weighted by Gasteiger charge is -2.36. The highest BCUT2D eigenvalue weighted by Gasteiger charge is 2.41. The lowest BCUT2D eigenvalue weighted by molar-refractivity contribution is -0.135. The van der Waals surface area contributed by atoms with Gasteiger partial charge in [-0.05, 0) is 0 Å². The number of hydrogen-bond acceptors (Lipinski definition) is 8. The van der Waals surface area contributed by atoms with Crippen molar-refractivity contribution in [3.05, 3.63) is 23.7 Å². The van der Waals surface area contributed by atoms with Gasteiger partial charge in [0, 0.05) is 5.38 Å². The number of aromatic nitrogens is 4. The molecule has 13 heteroatoms. The number of nitrogens with zero attached hydrogens (tertiary/aromatic N) is 4. The van der Waals surface area contributed by atoms with Crippen LogP contribution in [-0.4, -0.2) is 60.6 Å². The Hall–Kier alpha value is -3.35. The van der Waals surface area contributed by atoms with Gasteiger partial charge in [-0.25, -0.2) is 14.8 Å². The highest BCUT2D eigenvalue weighted by atomic mass is 32.1. The van der Waals surface area contributed by atoms with Gasteiger partial charge in [0.15, 0.2) is 5.13 Å². The second kappa shape index (κ2) is 6.64. The van der Waals surface area contributed by atoms with Crippen molar-refractivity contribution >= 4 is 40.2 Å². The monoisotopic (exact) mass is 365 g/mol. The normalized spacial score (nSPS) is 18.8. The number of thiazole rings is 1. The number of anilines is 1. The molecule has 2 aromatic heterocycles. The predicted octanol–water partition coefficient (Wildman–Crippen LogP) is -1.31. The van der Waals surface area contributed by atoms with Crippen molar-refractivity contribution in [2.75, 3.05) is 5.32 Å². The van der Waals surface area contributed by atoms with E-state index in [0.717, 1.165) is 11.3 Å². The minimum absolute atomic E-state index is 0.0332. The zero-order valence-electron chi connectivity index (χ0n) is 12.4. The topological polar surface area (TPSA) is 168 Å².